The van der Waals surface area contributed by atoms with Crippen LogP contribution >= 0.6 is 0 Å². The summed E-state index contributed by atoms with van der Waals surface area (Å²) in [4.78, 5) is 15.6. The van der Waals surface area contributed by atoms with Crippen molar-refractivity contribution in [2.75, 3.05) is 13.2 Å². The first-order chi connectivity index (χ1) is 11.6. The van der Waals surface area contributed by atoms with E-state index in [9.17, 15) is 4.79 Å². The van der Waals surface area contributed by atoms with Crippen LogP contribution in [0.4, 0.5) is 0 Å². The van der Waals surface area contributed by atoms with Crippen LogP contribution in [0.25, 0.3) is 16.9 Å². The summed E-state index contributed by atoms with van der Waals surface area (Å²) in [5, 5.41) is 9.08. The summed E-state index contributed by atoms with van der Waals surface area (Å²) in [6.45, 7) is 4.94. The molecule has 1 N–H and O–H groups in total. The maximum absolute atomic E-state index is 11.1. The van der Waals surface area contributed by atoms with Gasteiger partial charge in [0.2, 0.25) is 0 Å². The van der Waals surface area contributed by atoms with Gasteiger partial charge in [0.1, 0.15) is 5.65 Å². The average Bonchev–Trinajstić information content (AvgIpc) is 3.00. The maximum Gasteiger partial charge on any atom is 0.335 e. The van der Waals surface area contributed by atoms with E-state index in [4.69, 9.17) is 14.6 Å². The second-order valence-electron chi connectivity index (χ2n) is 5.14. The Morgan fingerprint density at radius 2 is 1.88 bits per heavy atom. The number of carboxylic acids is 1. The fourth-order valence-electron chi connectivity index (χ4n) is 2.46. The normalized spacial score (nSPS) is 10.8. The zero-order valence-electron chi connectivity index (χ0n) is 13.5. The lowest BCUT2D eigenvalue weighted by Crippen LogP contribution is -1.98. The number of carboxylic acid groups (broad SMARTS) is 1. The average molecular weight is 326 g/mol. The highest BCUT2D eigenvalue weighted by Crippen LogP contribution is 2.32. The molecule has 2 heterocycles. The number of aromatic nitrogens is 2. The van der Waals surface area contributed by atoms with E-state index in [1.807, 2.05) is 38.2 Å². The van der Waals surface area contributed by atoms with Crippen LogP contribution in [0.15, 0.2) is 42.7 Å². The summed E-state index contributed by atoms with van der Waals surface area (Å²) < 4.78 is 13.0. The highest BCUT2D eigenvalue weighted by Gasteiger charge is 2.11. The highest BCUT2D eigenvalue weighted by atomic mass is 16.5. The molecular formula is C18H18N2O4. The van der Waals surface area contributed by atoms with E-state index in [2.05, 4.69) is 4.98 Å². The Morgan fingerprint density at radius 3 is 2.58 bits per heavy atom. The Hall–Kier alpha value is -3.02. The molecule has 0 aliphatic rings. The first-order valence-corrected chi connectivity index (χ1v) is 7.74. The van der Waals surface area contributed by atoms with Crippen molar-refractivity contribution in [3.05, 3.63) is 48.3 Å². The number of carbonyl (C=O) groups is 1. The van der Waals surface area contributed by atoms with E-state index >= 15 is 0 Å². The predicted octanol–water partition coefficient (Wildman–Crippen LogP) is 3.50. The lowest BCUT2D eigenvalue weighted by molar-refractivity contribution is 0.0697. The Labute approximate surface area is 139 Å². The molecule has 0 saturated heterocycles. The van der Waals surface area contributed by atoms with Crippen molar-refractivity contribution in [1.29, 1.82) is 0 Å². The van der Waals surface area contributed by atoms with Gasteiger partial charge in [-0.3, -0.25) is 0 Å². The number of aromatic carboxylic acids is 1. The van der Waals surface area contributed by atoms with Crippen molar-refractivity contribution in [2.45, 2.75) is 13.8 Å². The quantitative estimate of drug-likeness (QED) is 0.750. The van der Waals surface area contributed by atoms with Gasteiger partial charge in [-0.1, -0.05) is 0 Å². The van der Waals surface area contributed by atoms with E-state index in [0.29, 0.717) is 30.4 Å². The number of pyridine rings is 1. The van der Waals surface area contributed by atoms with Gasteiger partial charge in [-0.2, -0.15) is 0 Å². The van der Waals surface area contributed by atoms with Gasteiger partial charge in [0.15, 0.2) is 11.5 Å². The molecule has 1 aromatic carbocycles. The number of benzene rings is 1. The molecule has 124 valence electrons. The van der Waals surface area contributed by atoms with Gasteiger partial charge in [-0.25, -0.2) is 9.78 Å². The van der Waals surface area contributed by atoms with Crippen LogP contribution in [0, 0.1) is 0 Å². The monoisotopic (exact) mass is 326 g/mol. The van der Waals surface area contributed by atoms with Gasteiger partial charge in [-0.15, -0.1) is 0 Å². The fourth-order valence-corrected chi connectivity index (χ4v) is 2.46. The van der Waals surface area contributed by atoms with Crippen LogP contribution < -0.4 is 9.47 Å². The van der Waals surface area contributed by atoms with Crippen LogP contribution in [-0.4, -0.2) is 33.7 Å². The number of imidazole rings is 1. The minimum Gasteiger partial charge on any atom is -0.490 e. The molecule has 6 nitrogen and oxygen atoms in total. The van der Waals surface area contributed by atoms with E-state index in [1.165, 1.54) is 0 Å². The Balaban J connectivity index is 2.03. The van der Waals surface area contributed by atoms with Crippen molar-refractivity contribution in [3.8, 4) is 22.8 Å². The van der Waals surface area contributed by atoms with Gasteiger partial charge in [0, 0.05) is 18.0 Å². The lowest BCUT2D eigenvalue weighted by atomic mass is 10.1. The van der Waals surface area contributed by atoms with Gasteiger partial charge >= 0.3 is 5.97 Å². The molecule has 0 atom stereocenters. The summed E-state index contributed by atoms with van der Waals surface area (Å²) in [5.74, 6) is 0.391. The molecule has 0 bridgehead atoms. The maximum atomic E-state index is 11.1. The molecule has 0 aliphatic carbocycles. The standard InChI is InChI=1S/C18H18N2O4/c1-3-23-15-6-5-12(9-16(15)24-4-2)14-11-20-8-7-13(18(21)22)10-17(20)19-14/h5-11H,3-4H2,1-2H3,(H,21,22). The Kier molecular flexibility index (Phi) is 4.37. The van der Waals surface area contributed by atoms with E-state index < -0.39 is 5.97 Å². The van der Waals surface area contributed by atoms with Crippen molar-refractivity contribution in [1.82, 2.24) is 9.38 Å². The molecule has 0 spiro atoms. The van der Waals surface area contributed by atoms with E-state index in [-0.39, 0.29) is 5.56 Å². The largest absolute Gasteiger partial charge is 0.490 e. The van der Waals surface area contributed by atoms with Crippen LogP contribution in [0.5, 0.6) is 11.5 Å². The van der Waals surface area contributed by atoms with E-state index in [1.54, 1.807) is 22.7 Å². The van der Waals surface area contributed by atoms with Crippen molar-refractivity contribution >= 4 is 11.6 Å². The molecule has 2 aromatic heterocycles. The zero-order chi connectivity index (χ0) is 17.1. The molecule has 3 aromatic rings. The second-order valence-corrected chi connectivity index (χ2v) is 5.14. The van der Waals surface area contributed by atoms with Crippen molar-refractivity contribution in [2.24, 2.45) is 0 Å². The number of hydrogen-bond donors (Lipinski definition) is 1. The molecule has 24 heavy (non-hydrogen) atoms. The lowest BCUT2D eigenvalue weighted by Gasteiger charge is -2.11. The molecule has 3 rings (SSSR count). The fraction of sp³-hybridized carbons (Fsp3) is 0.222. The molecule has 0 unspecified atom stereocenters. The van der Waals surface area contributed by atoms with Gasteiger partial charge in [0.05, 0.1) is 24.5 Å². The highest BCUT2D eigenvalue weighted by molar-refractivity contribution is 5.88. The predicted molar refractivity (Wildman–Crippen MR) is 89.9 cm³/mol. The van der Waals surface area contributed by atoms with Crippen molar-refractivity contribution in [3.63, 3.8) is 0 Å². The Morgan fingerprint density at radius 1 is 1.12 bits per heavy atom. The van der Waals surface area contributed by atoms with Crippen LogP contribution in [-0.2, 0) is 0 Å². The number of hydrogen-bond acceptors (Lipinski definition) is 4. The minimum atomic E-state index is -0.971. The number of rotatable bonds is 6. The summed E-state index contributed by atoms with van der Waals surface area (Å²) in [5.41, 5.74) is 2.40. The van der Waals surface area contributed by atoms with Crippen LogP contribution in [0.1, 0.15) is 24.2 Å². The van der Waals surface area contributed by atoms with Gasteiger partial charge < -0.3 is 19.0 Å². The molecule has 0 amide bonds. The molecule has 6 heteroatoms. The summed E-state index contributed by atoms with van der Waals surface area (Å²) in [6, 6.07) is 8.74. The first-order valence-electron chi connectivity index (χ1n) is 7.74. The SMILES string of the molecule is CCOc1ccc(-c2cn3ccc(C(=O)O)cc3n2)cc1OCC. The molecule has 0 aliphatic heterocycles. The summed E-state index contributed by atoms with van der Waals surface area (Å²) in [7, 11) is 0. The molecule has 0 radical (unpaired) electrons. The molecule has 0 saturated carbocycles. The second kappa shape index (κ2) is 6.62. The first kappa shape index (κ1) is 15.9. The topological polar surface area (TPSA) is 73.1 Å². The smallest absolute Gasteiger partial charge is 0.335 e. The summed E-state index contributed by atoms with van der Waals surface area (Å²) >= 11 is 0. The minimum absolute atomic E-state index is 0.210. The zero-order valence-corrected chi connectivity index (χ0v) is 13.5. The number of ether oxygens (including phenoxy) is 2. The number of nitrogens with zero attached hydrogens (tertiary/aromatic N) is 2. The van der Waals surface area contributed by atoms with Crippen LogP contribution in [0.2, 0.25) is 0 Å². The molecular weight excluding hydrogens is 308 g/mol. The summed E-state index contributed by atoms with van der Waals surface area (Å²) in [6.07, 6.45) is 3.54. The van der Waals surface area contributed by atoms with Gasteiger partial charge in [-0.05, 0) is 44.2 Å². The molecule has 0 fully saturated rings. The van der Waals surface area contributed by atoms with Crippen LogP contribution in [0.3, 0.4) is 0 Å². The number of fused-ring (bicyclic) bond motifs is 1. The van der Waals surface area contributed by atoms with Gasteiger partial charge in [0.25, 0.3) is 0 Å². The third kappa shape index (κ3) is 3.03. The third-order valence-corrected chi connectivity index (χ3v) is 3.55. The third-order valence-electron chi connectivity index (χ3n) is 3.55. The van der Waals surface area contributed by atoms with E-state index in [0.717, 1.165) is 11.3 Å². The van der Waals surface area contributed by atoms with Crippen molar-refractivity contribution < 1.29 is 19.4 Å². The Bertz CT molecular complexity index is 886.